The standard InChI is InChI=1S/C79H147N2O7P/c1-7-10-13-16-19-22-25-27-29-31-33-35-37-39-40-42-44-46-48-50-52-54-57-60-63-66-69-72-79(83)88-77(70-67-64-61-58-55-24-21-18-15-12-9-3)76(75-87-89(84,85)86-74-73-81(4,5)6)80-78(82)71-68-65-62-59-56-53-51-49-47-45-43-41-38-36-34-32-30-28-26-23-20-17-14-11-8-2/h20,23,27-30,34,36,41,43,67,70,76-77H,7-19,21-22,24-26,31-33,35,37-40,42,44-66,68-69,71-75H2,1-6H3,(H-,80,82,84,85)/b23-20-,29-27+,30-28-,36-34-,43-41-,70-67+. The van der Waals surface area contributed by atoms with E-state index in [1.165, 1.54) is 244 Å². The van der Waals surface area contributed by atoms with Gasteiger partial charge in [0.15, 0.2) is 0 Å². The maximum absolute atomic E-state index is 13.6. The van der Waals surface area contributed by atoms with Crippen LogP contribution >= 0.6 is 7.82 Å². The van der Waals surface area contributed by atoms with Gasteiger partial charge in [-0.2, -0.15) is 0 Å². The molecule has 0 saturated heterocycles. The van der Waals surface area contributed by atoms with Crippen molar-refractivity contribution in [2.45, 2.75) is 380 Å². The highest BCUT2D eigenvalue weighted by atomic mass is 31.2. The van der Waals surface area contributed by atoms with Crippen LogP contribution in [0.2, 0.25) is 0 Å². The average Bonchev–Trinajstić information content (AvgIpc) is 3.62. The Morgan fingerprint density at radius 1 is 0.393 bits per heavy atom. The molecule has 1 amide bonds. The van der Waals surface area contributed by atoms with E-state index in [1.807, 2.05) is 33.3 Å². The van der Waals surface area contributed by atoms with Crippen LogP contribution in [0, 0.1) is 0 Å². The van der Waals surface area contributed by atoms with Gasteiger partial charge in [0.1, 0.15) is 19.3 Å². The molecule has 0 aliphatic carbocycles. The third-order valence-corrected chi connectivity index (χ3v) is 18.1. The summed E-state index contributed by atoms with van der Waals surface area (Å²) in [7, 11) is 1.19. The minimum Gasteiger partial charge on any atom is -0.756 e. The molecule has 0 aromatic heterocycles. The summed E-state index contributed by atoms with van der Waals surface area (Å²) in [4.78, 5) is 40.2. The highest BCUT2D eigenvalue weighted by Crippen LogP contribution is 2.38. The van der Waals surface area contributed by atoms with Crippen LogP contribution < -0.4 is 10.2 Å². The predicted octanol–water partition coefficient (Wildman–Crippen LogP) is 24.1. The molecule has 89 heavy (non-hydrogen) atoms. The molecule has 0 aromatic rings. The van der Waals surface area contributed by atoms with Crippen LogP contribution in [0.25, 0.3) is 0 Å². The predicted molar refractivity (Wildman–Crippen MR) is 385 cm³/mol. The third kappa shape index (κ3) is 69.6. The highest BCUT2D eigenvalue weighted by Gasteiger charge is 2.27. The molecule has 10 heteroatoms. The summed E-state index contributed by atoms with van der Waals surface area (Å²) in [6, 6.07) is -0.894. The molecule has 0 aliphatic rings. The zero-order chi connectivity index (χ0) is 64.9. The molecule has 3 atom stereocenters. The van der Waals surface area contributed by atoms with Gasteiger partial charge in [0.05, 0.1) is 33.8 Å². The number of allylic oxidation sites excluding steroid dienone is 11. The Morgan fingerprint density at radius 2 is 0.685 bits per heavy atom. The van der Waals surface area contributed by atoms with Gasteiger partial charge in [0.2, 0.25) is 5.91 Å². The number of unbranched alkanes of at least 4 members (excludes halogenated alkanes) is 44. The van der Waals surface area contributed by atoms with E-state index in [1.54, 1.807) is 0 Å². The number of likely N-dealkylation sites (N-methyl/N-ethyl adjacent to an activating group) is 1. The maximum Gasteiger partial charge on any atom is 0.306 e. The van der Waals surface area contributed by atoms with Crippen LogP contribution in [0.3, 0.4) is 0 Å². The van der Waals surface area contributed by atoms with E-state index in [-0.39, 0.29) is 24.9 Å². The first-order valence-corrected chi connectivity index (χ1v) is 39.7. The van der Waals surface area contributed by atoms with Crippen molar-refractivity contribution in [2.75, 3.05) is 40.9 Å². The fourth-order valence-corrected chi connectivity index (χ4v) is 11.9. The molecule has 3 unspecified atom stereocenters. The Labute approximate surface area is 553 Å². The maximum atomic E-state index is 13.6. The monoisotopic (exact) mass is 1270 g/mol. The Hall–Kier alpha value is -2.55. The molecule has 0 spiro atoms. The molecule has 0 rings (SSSR count). The van der Waals surface area contributed by atoms with Crippen molar-refractivity contribution < 1.29 is 37.3 Å². The first-order valence-electron chi connectivity index (χ1n) is 38.2. The lowest BCUT2D eigenvalue weighted by Crippen LogP contribution is -2.47. The molecule has 9 nitrogen and oxygen atoms in total. The lowest BCUT2D eigenvalue weighted by Gasteiger charge is -2.30. The summed E-state index contributed by atoms with van der Waals surface area (Å²) >= 11 is 0. The van der Waals surface area contributed by atoms with E-state index >= 15 is 0 Å². The van der Waals surface area contributed by atoms with E-state index in [4.69, 9.17) is 13.8 Å². The zero-order valence-corrected chi connectivity index (χ0v) is 60.5. The number of hydrogen-bond donors (Lipinski definition) is 1. The average molecular weight is 1270 g/mol. The van der Waals surface area contributed by atoms with Gasteiger partial charge in [0, 0.05) is 12.8 Å². The van der Waals surface area contributed by atoms with Crippen LogP contribution in [0.1, 0.15) is 367 Å². The van der Waals surface area contributed by atoms with Crippen LogP contribution in [0.4, 0.5) is 0 Å². The first kappa shape index (κ1) is 86.5. The number of esters is 1. The Bertz CT molecular complexity index is 1750. The molecule has 0 radical (unpaired) electrons. The Kier molecular flexibility index (Phi) is 66.4. The van der Waals surface area contributed by atoms with E-state index in [9.17, 15) is 19.0 Å². The van der Waals surface area contributed by atoms with Crippen LogP contribution in [-0.4, -0.2) is 69.4 Å². The SMILES string of the molecule is CCCCC/C=C\C/C=C\C/C=C\C/C=C\CCCCCCCCCCCC(=O)NC(COP(=O)([O-])OCC[N+](C)(C)C)C(/C=C/CCCCCCCCCCC)OC(=O)CCCCCCCCCCCCCCCCCCC/C=C/CCCCCCCC. The van der Waals surface area contributed by atoms with Crippen molar-refractivity contribution in [2.24, 2.45) is 0 Å². The van der Waals surface area contributed by atoms with Crippen LogP contribution in [0.15, 0.2) is 72.9 Å². The fourth-order valence-electron chi connectivity index (χ4n) is 11.2. The minimum absolute atomic E-state index is 0.0242. The lowest BCUT2D eigenvalue weighted by molar-refractivity contribution is -0.870. The van der Waals surface area contributed by atoms with Gasteiger partial charge in [0.25, 0.3) is 7.82 Å². The highest BCUT2D eigenvalue weighted by molar-refractivity contribution is 7.45. The molecule has 0 saturated carbocycles. The quantitative estimate of drug-likeness (QED) is 0.0212. The number of ether oxygens (including phenoxy) is 1. The van der Waals surface area contributed by atoms with Gasteiger partial charge >= 0.3 is 5.97 Å². The van der Waals surface area contributed by atoms with Crippen molar-refractivity contribution in [3.63, 3.8) is 0 Å². The summed E-state index contributed by atoms with van der Waals surface area (Å²) in [5.41, 5.74) is 0. The molecule has 0 aliphatic heterocycles. The molecule has 0 aromatic carbocycles. The molecule has 0 bridgehead atoms. The van der Waals surface area contributed by atoms with Gasteiger partial charge in [-0.15, -0.1) is 0 Å². The van der Waals surface area contributed by atoms with E-state index < -0.39 is 26.6 Å². The number of carbonyl (C=O) groups excluding carboxylic acids is 2. The van der Waals surface area contributed by atoms with E-state index in [0.29, 0.717) is 17.4 Å². The number of quaternary nitrogens is 1. The van der Waals surface area contributed by atoms with Crippen molar-refractivity contribution in [1.29, 1.82) is 0 Å². The van der Waals surface area contributed by atoms with Gasteiger partial charge in [-0.25, -0.2) is 0 Å². The molecule has 0 fully saturated rings. The second kappa shape index (κ2) is 68.3. The number of carbonyl (C=O) groups is 2. The third-order valence-electron chi connectivity index (χ3n) is 17.1. The lowest BCUT2D eigenvalue weighted by atomic mass is 10.0. The van der Waals surface area contributed by atoms with Gasteiger partial charge in [-0.1, -0.05) is 325 Å². The Morgan fingerprint density at radius 3 is 1.06 bits per heavy atom. The summed E-state index contributed by atoms with van der Waals surface area (Å²) < 4.78 is 30.5. The van der Waals surface area contributed by atoms with Crippen molar-refractivity contribution in [3.05, 3.63) is 72.9 Å². The zero-order valence-electron chi connectivity index (χ0n) is 59.6. The topological polar surface area (TPSA) is 114 Å². The van der Waals surface area contributed by atoms with Crippen LogP contribution in [0.5, 0.6) is 0 Å². The minimum atomic E-state index is -4.71. The summed E-state index contributed by atoms with van der Waals surface area (Å²) in [5.74, 6) is -0.535. The smallest absolute Gasteiger partial charge is 0.306 e. The van der Waals surface area contributed by atoms with Crippen molar-refractivity contribution in [1.82, 2.24) is 5.32 Å². The summed E-state index contributed by atoms with van der Waals surface area (Å²) in [5, 5.41) is 3.05. The number of phosphoric acid groups is 1. The first-order chi connectivity index (χ1) is 43.4. The summed E-state index contributed by atoms with van der Waals surface area (Å²) in [6.07, 6.45) is 90.4. The molecular weight excluding hydrogens is 1120 g/mol. The van der Waals surface area contributed by atoms with Crippen LogP contribution in [-0.2, 0) is 27.9 Å². The normalized spacial score (nSPS) is 13.8. The second-order valence-corrected chi connectivity index (χ2v) is 28.6. The second-order valence-electron chi connectivity index (χ2n) is 27.1. The Balaban J connectivity index is 4.93. The summed E-state index contributed by atoms with van der Waals surface area (Å²) in [6.45, 7) is 6.85. The number of amides is 1. The number of rotatable bonds is 70. The van der Waals surface area contributed by atoms with Gasteiger partial charge < -0.3 is 28.5 Å². The number of nitrogens with one attached hydrogen (secondary N) is 1. The number of phosphoric ester groups is 1. The van der Waals surface area contributed by atoms with E-state index in [0.717, 1.165) is 89.9 Å². The van der Waals surface area contributed by atoms with E-state index in [2.05, 4.69) is 86.8 Å². The van der Waals surface area contributed by atoms with Gasteiger partial charge in [-0.3, -0.25) is 14.2 Å². The fraction of sp³-hybridized carbons (Fsp3) is 0.823. The number of hydrogen-bond acceptors (Lipinski definition) is 7. The molecule has 520 valence electrons. The number of nitrogens with zero attached hydrogens (tertiary/aromatic N) is 1. The van der Waals surface area contributed by atoms with Crippen molar-refractivity contribution in [3.8, 4) is 0 Å². The molecule has 1 N–H and O–H groups in total. The molecule has 0 heterocycles. The molecular formula is C79H147N2O7P. The largest absolute Gasteiger partial charge is 0.756 e. The van der Waals surface area contributed by atoms with Crippen molar-refractivity contribution >= 4 is 19.7 Å². The van der Waals surface area contributed by atoms with Gasteiger partial charge in [-0.05, 0) is 102 Å².